The highest BCUT2D eigenvalue weighted by Gasteiger charge is 2.27. The zero-order valence-electron chi connectivity index (χ0n) is 15.2. The lowest BCUT2D eigenvalue weighted by molar-refractivity contribution is 0.323. The Labute approximate surface area is 154 Å². The fourth-order valence-corrected chi connectivity index (χ4v) is 3.88. The SMILES string of the molecule is CC(C)(C)c1ccc(OCCNS(=O)(=O)C2=NCc3ncccc32)cc1. The van der Waals surface area contributed by atoms with Crippen molar-refractivity contribution in [2.24, 2.45) is 4.99 Å². The number of benzene rings is 1. The van der Waals surface area contributed by atoms with Gasteiger partial charge in [0.05, 0.1) is 12.2 Å². The number of ether oxygens (including phenoxy) is 1. The summed E-state index contributed by atoms with van der Waals surface area (Å²) in [6, 6.07) is 11.3. The quantitative estimate of drug-likeness (QED) is 0.817. The molecule has 0 saturated carbocycles. The largest absolute Gasteiger partial charge is 0.492 e. The number of aromatic nitrogens is 1. The van der Waals surface area contributed by atoms with Crippen LogP contribution in [-0.2, 0) is 22.0 Å². The standard InChI is InChI=1S/C19H23N3O3S/c1-19(2,3)14-6-8-15(9-7-14)25-12-11-22-26(23,24)18-16-5-4-10-20-17(16)13-21-18/h4-10,22H,11-13H2,1-3H3. The summed E-state index contributed by atoms with van der Waals surface area (Å²) in [5.41, 5.74) is 2.56. The van der Waals surface area contributed by atoms with Gasteiger partial charge in [-0.05, 0) is 35.2 Å². The van der Waals surface area contributed by atoms with Crippen LogP contribution in [-0.4, -0.2) is 31.6 Å². The lowest BCUT2D eigenvalue weighted by Gasteiger charge is -2.19. The van der Waals surface area contributed by atoms with Crippen LogP contribution in [0.3, 0.4) is 0 Å². The molecule has 2 heterocycles. The zero-order valence-corrected chi connectivity index (χ0v) is 16.0. The molecule has 2 aromatic rings. The third-order valence-electron chi connectivity index (χ3n) is 4.13. The highest BCUT2D eigenvalue weighted by atomic mass is 32.2. The highest BCUT2D eigenvalue weighted by Crippen LogP contribution is 2.24. The van der Waals surface area contributed by atoms with Gasteiger partial charge >= 0.3 is 0 Å². The zero-order chi connectivity index (χ0) is 18.8. The molecule has 0 radical (unpaired) electrons. The first-order valence-electron chi connectivity index (χ1n) is 8.49. The van der Waals surface area contributed by atoms with Crippen molar-refractivity contribution < 1.29 is 13.2 Å². The molecule has 0 aliphatic carbocycles. The molecule has 0 saturated heterocycles. The van der Waals surface area contributed by atoms with Gasteiger partial charge in [0, 0.05) is 18.3 Å². The minimum Gasteiger partial charge on any atom is -0.492 e. The number of aliphatic imine (C=N–C) groups is 1. The number of nitrogens with zero attached hydrogens (tertiary/aromatic N) is 2. The summed E-state index contributed by atoms with van der Waals surface area (Å²) in [5, 5.41) is 0.0510. The summed E-state index contributed by atoms with van der Waals surface area (Å²) in [5.74, 6) is 0.713. The molecule has 6 nitrogen and oxygen atoms in total. The third kappa shape index (κ3) is 4.11. The molecule has 1 aromatic carbocycles. The van der Waals surface area contributed by atoms with E-state index in [9.17, 15) is 8.42 Å². The summed E-state index contributed by atoms with van der Waals surface area (Å²) in [6.45, 7) is 7.15. The maximum atomic E-state index is 12.4. The van der Waals surface area contributed by atoms with Crippen molar-refractivity contribution in [2.45, 2.75) is 32.7 Å². The first kappa shape index (κ1) is 18.5. The molecule has 138 valence electrons. The molecule has 0 bridgehead atoms. The Morgan fingerprint density at radius 2 is 1.88 bits per heavy atom. The summed E-state index contributed by atoms with van der Waals surface area (Å²) < 4.78 is 33.0. The molecule has 1 aromatic heterocycles. The van der Waals surface area contributed by atoms with E-state index in [1.165, 1.54) is 5.56 Å². The number of fused-ring (bicyclic) bond motifs is 1. The topological polar surface area (TPSA) is 80.6 Å². The average molecular weight is 373 g/mol. The van der Waals surface area contributed by atoms with Crippen LogP contribution >= 0.6 is 0 Å². The van der Waals surface area contributed by atoms with Gasteiger partial charge in [0.2, 0.25) is 0 Å². The number of pyridine rings is 1. The first-order chi connectivity index (χ1) is 12.3. The monoisotopic (exact) mass is 373 g/mol. The Kier molecular flexibility index (Phi) is 5.11. The second-order valence-electron chi connectivity index (χ2n) is 7.14. The minimum absolute atomic E-state index is 0.0510. The van der Waals surface area contributed by atoms with Gasteiger partial charge in [-0.1, -0.05) is 32.9 Å². The molecule has 0 amide bonds. The molecule has 1 aliphatic rings. The lowest BCUT2D eigenvalue weighted by Crippen LogP contribution is -2.33. The number of nitrogens with one attached hydrogen (secondary N) is 1. The molecular formula is C19H23N3O3S. The molecule has 0 atom stereocenters. The Balaban J connectivity index is 1.54. The predicted molar refractivity (Wildman–Crippen MR) is 102 cm³/mol. The third-order valence-corrected chi connectivity index (χ3v) is 5.57. The first-order valence-corrected chi connectivity index (χ1v) is 9.97. The molecule has 0 spiro atoms. The number of rotatable bonds is 5. The number of sulfonamides is 1. The summed E-state index contributed by atoms with van der Waals surface area (Å²) in [7, 11) is -3.67. The van der Waals surface area contributed by atoms with Crippen LogP contribution in [0, 0.1) is 0 Å². The molecule has 0 fully saturated rings. The normalized spacial score (nSPS) is 14.0. The number of hydrogen-bond acceptors (Lipinski definition) is 5. The van der Waals surface area contributed by atoms with Crippen LogP contribution in [0.4, 0.5) is 0 Å². The van der Waals surface area contributed by atoms with E-state index in [-0.39, 0.29) is 23.6 Å². The summed E-state index contributed by atoms with van der Waals surface area (Å²) in [4.78, 5) is 8.26. The smallest absolute Gasteiger partial charge is 0.258 e. The van der Waals surface area contributed by atoms with E-state index in [4.69, 9.17) is 4.74 Å². The molecule has 26 heavy (non-hydrogen) atoms. The summed E-state index contributed by atoms with van der Waals surface area (Å²) in [6.07, 6.45) is 1.64. The van der Waals surface area contributed by atoms with E-state index in [1.54, 1.807) is 18.3 Å². The van der Waals surface area contributed by atoms with Crippen LogP contribution in [0.25, 0.3) is 0 Å². The van der Waals surface area contributed by atoms with Crippen LogP contribution in [0.1, 0.15) is 37.6 Å². The second-order valence-corrected chi connectivity index (χ2v) is 8.82. The summed E-state index contributed by atoms with van der Waals surface area (Å²) >= 11 is 0. The maximum absolute atomic E-state index is 12.4. The van der Waals surface area contributed by atoms with E-state index in [0.717, 1.165) is 0 Å². The number of hydrogen-bond donors (Lipinski definition) is 1. The van der Waals surface area contributed by atoms with Gasteiger partial charge in [-0.2, -0.15) is 0 Å². The lowest BCUT2D eigenvalue weighted by atomic mass is 9.87. The molecular weight excluding hydrogens is 350 g/mol. The molecule has 3 rings (SSSR count). The van der Waals surface area contributed by atoms with Gasteiger partial charge in [0.1, 0.15) is 12.4 Å². The van der Waals surface area contributed by atoms with Crippen molar-refractivity contribution in [3.8, 4) is 5.75 Å². The van der Waals surface area contributed by atoms with Crippen molar-refractivity contribution in [3.05, 3.63) is 59.4 Å². The van der Waals surface area contributed by atoms with E-state index < -0.39 is 10.0 Å². The molecule has 7 heteroatoms. The Morgan fingerprint density at radius 1 is 1.15 bits per heavy atom. The van der Waals surface area contributed by atoms with Crippen LogP contribution in [0.2, 0.25) is 0 Å². The van der Waals surface area contributed by atoms with E-state index in [2.05, 4.69) is 35.5 Å². The molecule has 1 N–H and O–H groups in total. The van der Waals surface area contributed by atoms with Crippen LogP contribution < -0.4 is 9.46 Å². The van der Waals surface area contributed by atoms with Crippen molar-refractivity contribution in [3.63, 3.8) is 0 Å². The van der Waals surface area contributed by atoms with Crippen molar-refractivity contribution in [1.29, 1.82) is 0 Å². The molecule has 1 aliphatic heterocycles. The van der Waals surface area contributed by atoms with Crippen LogP contribution in [0.5, 0.6) is 5.75 Å². The Hall–Kier alpha value is -2.25. The average Bonchev–Trinajstić information content (AvgIpc) is 3.03. The van der Waals surface area contributed by atoms with Gasteiger partial charge in [-0.25, -0.2) is 13.1 Å². The Morgan fingerprint density at radius 3 is 2.58 bits per heavy atom. The second kappa shape index (κ2) is 7.17. The van der Waals surface area contributed by atoms with E-state index in [0.29, 0.717) is 23.6 Å². The molecule has 0 unspecified atom stereocenters. The van der Waals surface area contributed by atoms with E-state index >= 15 is 0 Å². The van der Waals surface area contributed by atoms with Gasteiger partial charge in [-0.3, -0.25) is 9.98 Å². The van der Waals surface area contributed by atoms with Crippen molar-refractivity contribution in [1.82, 2.24) is 9.71 Å². The van der Waals surface area contributed by atoms with E-state index in [1.807, 2.05) is 24.3 Å². The maximum Gasteiger partial charge on any atom is 0.258 e. The van der Waals surface area contributed by atoms with Gasteiger partial charge in [-0.15, -0.1) is 0 Å². The van der Waals surface area contributed by atoms with Gasteiger partial charge < -0.3 is 4.74 Å². The van der Waals surface area contributed by atoms with Crippen molar-refractivity contribution >= 4 is 15.1 Å². The van der Waals surface area contributed by atoms with Gasteiger partial charge in [0.15, 0.2) is 5.04 Å². The highest BCUT2D eigenvalue weighted by molar-refractivity contribution is 8.05. The fourth-order valence-electron chi connectivity index (χ4n) is 2.68. The Bertz CT molecular complexity index is 914. The predicted octanol–water partition coefficient (Wildman–Crippen LogP) is 2.64. The van der Waals surface area contributed by atoms with Crippen molar-refractivity contribution in [2.75, 3.05) is 13.2 Å². The fraction of sp³-hybridized carbons (Fsp3) is 0.368. The van der Waals surface area contributed by atoms with Gasteiger partial charge in [0.25, 0.3) is 10.0 Å². The van der Waals surface area contributed by atoms with Crippen LogP contribution in [0.15, 0.2) is 47.6 Å². The minimum atomic E-state index is -3.67.